The zero-order chi connectivity index (χ0) is 10.3. The molecule has 0 radical (unpaired) electrons. The predicted octanol–water partition coefficient (Wildman–Crippen LogP) is 2.44. The first-order chi connectivity index (χ1) is 6.65. The second-order valence-corrected chi connectivity index (χ2v) is 3.35. The van der Waals surface area contributed by atoms with Crippen molar-refractivity contribution in [3.05, 3.63) is 35.3 Å². The number of nitrogens with zero attached hydrogens (tertiary/aromatic N) is 1. The summed E-state index contributed by atoms with van der Waals surface area (Å²) in [5.41, 5.74) is 2.26. The molecule has 0 atom stereocenters. The van der Waals surface area contributed by atoms with Gasteiger partial charge in [0.05, 0.1) is 11.2 Å². The van der Waals surface area contributed by atoms with E-state index < -0.39 is 0 Å². The van der Waals surface area contributed by atoms with E-state index in [1.54, 1.807) is 17.7 Å². The fourth-order valence-corrected chi connectivity index (χ4v) is 1.79. The van der Waals surface area contributed by atoms with Crippen molar-refractivity contribution in [1.29, 1.82) is 0 Å². The minimum absolute atomic E-state index is 0.282. The molecule has 0 fully saturated rings. The molecule has 0 aliphatic carbocycles. The molecule has 2 aromatic rings. The lowest BCUT2D eigenvalue weighted by atomic mass is 10.1. The van der Waals surface area contributed by atoms with Crippen molar-refractivity contribution in [3.63, 3.8) is 0 Å². The Labute approximate surface area is 81.0 Å². The first kappa shape index (κ1) is 8.94. The van der Waals surface area contributed by atoms with Crippen molar-refractivity contribution in [2.75, 3.05) is 0 Å². The summed E-state index contributed by atoms with van der Waals surface area (Å²) in [4.78, 5) is 10.8. The molecule has 2 rings (SSSR count). The van der Waals surface area contributed by atoms with Gasteiger partial charge in [-0.05, 0) is 30.7 Å². The van der Waals surface area contributed by atoms with Crippen LogP contribution in [0.5, 0.6) is 0 Å². The summed E-state index contributed by atoms with van der Waals surface area (Å²) in [6.45, 7) is 1.87. The summed E-state index contributed by atoms with van der Waals surface area (Å²) in [7, 11) is 1.76. The summed E-state index contributed by atoms with van der Waals surface area (Å²) in [5, 5.41) is 0.927. The highest BCUT2D eigenvalue weighted by atomic mass is 19.1. The zero-order valence-electron chi connectivity index (χ0n) is 8.04. The molecule has 0 unspecified atom stereocenters. The number of rotatable bonds is 1. The van der Waals surface area contributed by atoms with Crippen LogP contribution in [0, 0.1) is 12.7 Å². The van der Waals surface area contributed by atoms with Gasteiger partial charge in [-0.15, -0.1) is 0 Å². The number of carbonyl (C=O) groups excluding carboxylic acids is 1. The molecule has 0 aliphatic heterocycles. The molecular formula is C11H10FNO. The number of aryl methyl sites for hydroxylation is 2. The minimum atomic E-state index is -0.282. The lowest BCUT2D eigenvalue weighted by molar-refractivity contribution is 0.111. The Morgan fingerprint density at radius 3 is 2.79 bits per heavy atom. The zero-order valence-corrected chi connectivity index (χ0v) is 8.04. The number of halogens is 1. The molecule has 0 bridgehead atoms. The van der Waals surface area contributed by atoms with Crippen molar-refractivity contribution in [2.24, 2.45) is 7.05 Å². The van der Waals surface area contributed by atoms with Gasteiger partial charge in [-0.25, -0.2) is 4.39 Å². The van der Waals surface area contributed by atoms with Gasteiger partial charge in [-0.3, -0.25) is 4.79 Å². The average Bonchev–Trinajstić information content (AvgIpc) is 2.39. The molecule has 2 nitrogen and oxygen atoms in total. The monoisotopic (exact) mass is 191 g/mol. The number of aromatic nitrogens is 1. The second-order valence-electron chi connectivity index (χ2n) is 3.35. The summed E-state index contributed by atoms with van der Waals surface area (Å²) in [6, 6.07) is 4.55. The standard InChI is InChI=1S/C11H10FNO/c1-7-9-4-3-8(12)5-10(9)13(2)11(7)6-14/h3-6H,1-2H3. The van der Waals surface area contributed by atoms with Gasteiger partial charge >= 0.3 is 0 Å². The van der Waals surface area contributed by atoms with Gasteiger partial charge < -0.3 is 4.57 Å². The quantitative estimate of drug-likeness (QED) is 0.634. The Hall–Kier alpha value is -1.64. The molecule has 1 aromatic carbocycles. The molecule has 14 heavy (non-hydrogen) atoms. The van der Waals surface area contributed by atoms with Crippen LogP contribution in [-0.2, 0) is 7.05 Å². The third kappa shape index (κ3) is 1.05. The van der Waals surface area contributed by atoms with E-state index in [4.69, 9.17) is 0 Å². The predicted molar refractivity (Wildman–Crippen MR) is 53.0 cm³/mol. The maximum Gasteiger partial charge on any atom is 0.166 e. The van der Waals surface area contributed by atoms with Crippen molar-refractivity contribution in [3.8, 4) is 0 Å². The van der Waals surface area contributed by atoms with E-state index in [0.29, 0.717) is 5.69 Å². The largest absolute Gasteiger partial charge is 0.341 e. The number of hydrogen-bond acceptors (Lipinski definition) is 1. The first-order valence-electron chi connectivity index (χ1n) is 4.35. The highest BCUT2D eigenvalue weighted by Crippen LogP contribution is 2.23. The molecule has 0 spiro atoms. The third-order valence-corrected chi connectivity index (χ3v) is 2.58. The fraction of sp³-hybridized carbons (Fsp3) is 0.182. The maximum absolute atomic E-state index is 13.0. The van der Waals surface area contributed by atoms with E-state index in [2.05, 4.69) is 0 Å². The van der Waals surface area contributed by atoms with Crippen LogP contribution in [0.2, 0.25) is 0 Å². The molecule has 3 heteroatoms. The van der Waals surface area contributed by atoms with E-state index >= 15 is 0 Å². The molecule has 0 saturated heterocycles. The van der Waals surface area contributed by atoms with Gasteiger partial charge in [0, 0.05) is 12.4 Å². The van der Waals surface area contributed by atoms with Crippen molar-refractivity contribution in [2.45, 2.75) is 6.92 Å². The van der Waals surface area contributed by atoms with Gasteiger partial charge in [0.2, 0.25) is 0 Å². The maximum atomic E-state index is 13.0. The van der Waals surface area contributed by atoms with E-state index in [0.717, 1.165) is 22.8 Å². The van der Waals surface area contributed by atoms with Crippen LogP contribution in [-0.4, -0.2) is 10.9 Å². The number of carbonyl (C=O) groups is 1. The molecule has 0 N–H and O–H groups in total. The summed E-state index contributed by atoms with van der Waals surface area (Å²) < 4.78 is 14.7. The Bertz CT molecular complexity index is 513. The fourth-order valence-electron chi connectivity index (χ4n) is 1.79. The van der Waals surface area contributed by atoms with Gasteiger partial charge in [-0.2, -0.15) is 0 Å². The smallest absolute Gasteiger partial charge is 0.166 e. The molecule has 1 heterocycles. The van der Waals surface area contributed by atoms with Crippen LogP contribution in [0.25, 0.3) is 10.9 Å². The lowest BCUT2D eigenvalue weighted by Crippen LogP contribution is -1.94. The highest BCUT2D eigenvalue weighted by Gasteiger charge is 2.10. The molecule has 1 aromatic heterocycles. The number of aldehydes is 1. The third-order valence-electron chi connectivity index (χ3n) is 2.58. The topological polar surface area (TPSA) is 22.0 Å². The van der Waals surface area contributed by atoms with Gasteiger partial charge in [0.15, 0.2) is 6.29 Å². The molecule has 0 amide bonds. The number of fused-ring (bicyclic) bond motifs is 1. The second kappa shape index (κ2) is 2.94. The van der Waals surface area contributed by atoms with Crippen LogP contribution >= 0.6 is 0 Å². The number of benzene rings is 1. The van der Waals surface area contributed by atoms with Crippen LogP contribution in [0.4, 0.5) is 4.39 Å². The summed E-state index contributed by atoms with van der Waals surface area (Å²) in [5.74, 6) is -0.282. The van der Waals surface area contributed by atoms with Crippen LogP contribution in [0.3, 0.4) is 0 Å². The van der Waals surface area contributed by atoms with E-state index in [9.17, 15) is 9.18 Å². The van der Waals surface area contributed by atoms with Gasteiger partial charge in [0.25, 0.3) is 0 Å². The molecule has 72 valence electrons. The lowest BCUT2D eigenvalue weighted by Gasteiger charge is -1.96. The van der Waals surface area contributed by atoms with Gasteiger partial charge in [-0.1, -0.05) is 0 Å². The Morgan fingerprint density at radius 2 is 2.14 bits per heavy atom. The highest BCUT2D eigenvalue weighted by molar-refractivity contribution is 5.92. The SMILES string of the molecule is Cc1c(C=O)n(C)c2cc(F)ccc12. The first-order valence-corrected chi connectivity index (χ1v) is 4.35. The van der Waals surface area contributed by atoms with E-state index in [-0.39, 0.29) is 5.82 Å². The summed E-state index contributed by atoms with van der Waals surface area (Å²) >= 11 is 0. The molecule has 0 aliphatic rings. The Balaban J connectivity index is 2.94. The average molecular weight is 191 g/mol. The van der Waals surface area contributed by atoms with Crippen LogP contribution in [0.15, 0.2) is 18.2 Å². The Morgan fingerprint density at radius 1 is 1.43 bits per heavy atom. The van der Waals surface area contributed by atoms with Crippen molar-refractivity contribution >= 4 is 17.2 Å². The number of hydrogen-bond donors (Lipinski definition) is 0. The molecular weight excluding hydrogens is 181 g/mol. The normalized spacial score (nSPS) is 10.8. The van der Waals surface area contributed by atoms with Crippen molar-refractivity contribution in [1.82, 2.24) is 4.57 Å². The minimum Gasteiger partial charge on any atom is -0.341 e. The molecule has 0 saturated carbocycles. The van der Waals surface area contributed by atoms with E-state index in [1.807, 2.05) is 6.92 Å². The Kier molecular flexibility index (Phi) is 1.88. The van der Waals surface area contributed by atoms with Crippen LogP contribution in [0.1, 0.15) is 16.1 Å². The van der Waals surface area contributed by atoms with E-state index in [1.165, 1.54) is 12.1 Å². The van der Waals surface area contributed by atoms with Gasteiger partial charge in [0.1, 0.15) is 5.82 Å². The van der Waals surface area contributed by atoms with Crippen LogP contribution < -0.4 is 0 Å². The van der Waals surface area contributed by atoms with Crippen molar-refractivity contribution < 1.29 is 9.18 Å². The summed E-state index contributed by atoms with van der Waals surface area (Å²) in [6.07, 6.45) is 0.799.